The molecule has 0 aromatic heterocycles. The number of rotatable bonds is 5. The number of benzene rings is 2. The van der Waals surface area contributed by atoms with Gasteiger partial charge in [-0.25, -0.2) is 0 Å². The molecule has 2 aliphatic heterocycles. The molecule has 9 heteroatoms. The van der Waals surface area contributed by atoms with Gasteiger partial charge in [-0.2, -0.15) is 0 Å². The molecule has 2 aliphatic rings. The Bertz CT molecular complexity index is 1200. The molecule has 0 radical (unpaired) electrons. The van der Waals surface area contributed by atoms with Crippen LogP contribution in [0.5, 0.6) is 0 Å². The number of anilines is 1. The van der Waals surface area contributed by atoms with Crippen molar-refractivity contribution in [3.05, 3.63) is 54.6 Å². The first-order chi connectivity index (χ1) is 18.4. The predicted molar refractivity (Wildman–Crippen MR) is 143 cm³/mol. The summed E-state index contributed by atoms with van der Waals surface area (Å²) in [7, 11) is 0. The number of fused-ring (bicyclic) bond motifs is 1. The van der Waals surface area contributed by atoms with Crippen molar-refractivity contribution in [1.29, 1.82) is 0 Å². The molecule has 1 saturated heterocycles. The number of carbonyl (C=O) groups excluding carboxylic acids is 4. The zero-order chi connectivity index (χ0) is 26.9. The monoisotopic (exact) mass is 521 g/mol. The molecule has 3 N–H and O–H groups in total. The zero-order valence-corrected chi connectivity index (χ0v) is 21.4. The molecule has 2 aromatic carbocycles. The number of amides is 3. The van der Waals surface area contributed by atoms with Gasteiger partial charge in [0, 0.05) is 25.1 Å². The van der Waals surface area contributed by atoms with Crippen molar-refractivity contribution in [3.63, 3.8) is 0 Å². The maximum atomic E-state index is 13.4. The Labute approximate surface area is 222 Å². The lowest BCUT2D eigenvalue weighted by molar-refractivity contribution is -0.146. The fourth-order valence-electron chi connectivity index (χ4n) is 4.92. The van der Waals surface area contributed by atoms with E-state index < -0.39 is 29.7 Å². The Morgan fingerprint density at radius 1 is 1.08 bits per heavy atom. The van der Waals surface area contributed by atoms with Crippen molar-refractivity contribution < 1.29 is 29.0 Å². The van der Waals surface area contributed by atoms with Gasteiger partial charge >= 0.3 is 5.97 Å². The molecule has 1 fully saturated rings. The Hall–Kier alpha value is -3.72. The summed E-state index contributed by atoms with van der Waals surface area (Å²) in [6.07, 6.45) is 7.01. The first kappa shape index (κ1) is 27.3. The maximum absolute atomic E-state index is 13.4. The summed E-state index contributed by atoms with van der Waals surface area (Å²) in [5.74, 6) is -2.31. The third-order valence-corrected chi connectivity index (χ3v) is 7.10. The Balaban J connectivity index is 1.50. The van der Waals surface area contributed by atoms with E-state index in [1.807, 2.05) is 48.6 Å². The van der Waals surface area contributed by atoms with E-state index in [0.717, 1.165) is 23.6 Å². The number of aliphatic hydroxyl groups excluding tert-OH is 1. The molecule has 2 heterocycles. The number of nitrogens with zero attached hydrogens (tertiary/aromatic N) is 1. The average molecular weight is 522 g/mol. The molecule has 3 atom stereocenters. The topological polar surface area (TPSA) is 125 Å². The maximum Gasteiger partial charge on any atom is 0.305 e. The van der Waals surface area contributed by atoms with Crippen LogP contribution in [0.3, 0.4) is 0 Å². The molecular weight excluding hydrogens is 486 g/mol. The highest BCUT2D eigenvalue weighted by molar-refractivity contribution is 5.99. The molecule has 0 aliphatic carbocycles. The number of hydrogen-bond donors (Lipinski definition) is 3. The molecule has 3 unspecified atom stereocenters. The number of hydrogen-bond acceptors (Lipinski definition) is 6. The van der Waals surface area contributed by atoms with Gasteiger partial charge in [0.1, 0.15) is 12.6 Å². The first-order valence-corrected chi connectivity index (χ1v) is 13.3. The second kappa shape index (κ2) is 13.2. The minimum absolute atomic E-state index is 0.0362. The van der Waals surface area contributed by atoms with Crippen LogP contribution in [0, 0.1) is 5.92 Å². The number of allylic oxidation sites excluding steroid dienone is 2. The third-order valence-electron chi connectivity index (χ3n) is 7.10. The number of aliphatic hydroxyl groups is 1. The van der Waals surface area contributed by atoms with Gasteiger partial charge in [0.15, 0.2) is 0 Å². The summed E-state index contributed by atoms with van der Waals surface area (Å²) in [6.45, 7) is 0.142. The van der Waals surface area contributed by atoms with Crippen LogP contribution in [0.15, 0.2) is 54.6 Å². The highest BCUT2D eigenvalue weighted by Gasteiger charge is 2.33. The summed E-state index contributed by atoms with van der Waals surface area (Å²) in [4.78, 5) is 53.4. The number of ether oxygens (including phenoxy) is 1. The smallest absolute Gasteiger partial charge is 0.305 e. The standard InChI is InChI=1S/C29H35N3O6/c33-18-24-11-7-15-32(24)26(34)17-22-10-3-1-2-4-12-27(35)38-19-25(31-28(22)36)29(37)30-23-14-13-20-8-5-6-9-21(20)16-23/h1,3,5-6,8-9,13-14,16,22,24-25,33H,2,4,7,10-12,15,17-19H2,(H,30,37)(H,31,36). The number of cyclic esters (lactones) is 1. The summed E-state index contributed by atoms with van der Waals surface area (Å²) < 4.78 is 5.33. The van der Waals surface area contributed by atoms with Crippen molar-refractivity contribution in [2.24, 2.45) is 5.92 Å². The SMILES string of the molecule is O=C1CCCC=CCC(CC(=O)N2CCCC2CO)C(=O)NC(C(=O)Nc2ccc3ccccc3c2)CO1. The van der Waals surface area contributed by atoms with Crippen LogP contribution in [0.1, 0.15) is 44.9 Å². The van der Waals surface area contributed by atoms with Gasteiger partial charge in [-0.05, 0) is 55.0 Å². The van der Waals surface area contributed by atoms with E-state index in [1.165, 1.54) is 0 Å². The van der Waals surface area contributed by atoms with Crippen LogP contribution in [0.2, 0.25) is 0 Å². The van der Waals surface area contributed by atoms with Crippen molar-refractivity contribution in [3.8, 4) is 0 Å². The Morgan fingerprint density at radius 2 is 1.89 bits per heavy atom. The Kier molecular flexibility index (Phi) is 9.48. The third kappa shape index (κ3) is 7.19. The van der Waals surface area contributed by atoms with Gasteiger partial charge in [-0.1, -0.05) is 42.5 Å². The lowest BCUT2D eigenvalue weighted by Gasteiger charge is -2.26. The van der Waals surface area contributed by atoms with Crippen molar-refractivity contribution >= 4 is 40.2 Å². The van der Waals surface area contributed by atoms with Gasteiger partial charge in [0.25, 0.3) is 5.91 Å². The molecule has 0 spiro atoms. The van der Waals surface area contributed by atoms with E-state index in [0.29, 0.717) is 31.5 Å². The molecular formula is C29H35N3O6. The van der Waals surface area contributed by atoms with Crippen LogP contribution < -0.4 is 10.6 Å². The molecule has 38 heavy (non-hydrogen) atoms. The molecule has 2 aromatic rings. The minimum Gasteiger partial charge on any atom is -0.463 e. The summed E-state index contributed by atoms with van der Waals surface area (Å²) in [5, 5.41) is 17.1. The second-order valence-electron chi connectivity index (χ2n) is 9.86. The molecule has 3 amide bonds. The second-order valence-corrected chi connectivity index (χ2v) is 9.86. The van der Waals surface area contributed by atoms with E-state index >= 15 is 0 Å². The van der Waals surface area contributed by atoms with Gasteiger partial charge in [-0.15, -0.1) is 0 Å². The number of likely N-dealkylation sites (tertiary alicyclic amines) is 1. The minimum atomic E-state index is -1.13. The van der Waals surface area contributed by atoms with Crippen LogP contribution in [0.25, 0.3) is 10.8 Å². The molecule has 0 saturated carbocycles. The molecule has 0 bridgehead atoms. The van der Waals surface area contributed by atoms with Crippen LogP contribution >= 0.6 is 0 Å². The fraction of sp³-hybridized carbons (Fsp3) is 0.448. The van der Waals surface area contributed by atoms with E-state index in [2.05, 4.69) is 10.6 Å². The molecule has 9 nitrogen and oxygen atoms in total. The van der Waals surface area contributed by atoms with E-state index in [4.69, 9.17) is 4.74 Å². The van der Waals surface area contributed by atoms with Crippen molar-refractivity contribution in [1.82, 2.24) is 10.2 Å². The molecule has 202 valence electrons. The van der Waals surface area contributed by atoms with Gasteiger partial charge in [0.05, 0.1) is 18.6 Å². The van der Waals surface area contributed by atoms with Gasteiger partial charge in [0.2, 0.25) is 11.8 Å². The van der Waals surface area contributed by atoms with E-state index in [9.17, 15) is 24.3 Å². The number of esters is 1. The summed E-state index contributed by atoms with van der Waals surface area (Å²) >= 11 is 0. The van der Waals surface area contributed by atoms with Crippen molar-refractivity contribution in [2.75, 3.05) is 25.1 Å². The quantitative estimate of drug-likeness (QED) is 0.411. The van der Waals surface area contributed by atoms with Crippen LogP contribution in [0.4, 0.5) is 5.69 Å². The highest BCUT2D eigenvalue weighted by Crippen LogP contribution is 2.22. The average Bonchev–Trinajstić information content (AvgIpc) is 3.41. The highest BCUT2D eigenvalue weighted by atomic mass is 16.5. The molecule has 4 rings (SSSR count). The fourth-order valence-corrected chi connectivity index (χ4v) is 4.92. The van der Waals surface area contributed by atoms with Crippen molar-refractivity contribution in [2.45, 2.75) is 57.0 Å². The first-order valence-electron chi connectivity index (χ1n) is 13.3. The summed E-state index contributed by atoms with van der Waals surface area (Å²) in [6, 6.07) is 11.9. The predicted octanol–water partition coefficient (Wildman–Crippen LogP) is 2.93. The van der Waals surface area contributed by atoms with E-state index in [1.54, 1.807) is 11.0 Å². The zero-order valence-electron chi connectivity index (χ0n) is 21.4. The summed E-state index contributed by atoms with van der Waals surface area (Å²) in [5.41, 5.74) is 0.552. The lowest BCUT2D eigenvalue weighted by Crippen LogP contribution is -2.49. The number of nitrogens with one attached hydrogen (secondary N) is 2. The Morgan fingerprint density at radius 3 is 2.71 bits per heavy atom. The van der Waals surface area contributed by atoms with E-state index in [-0.39, 0.29) is 38.0 Å². The normalized spacial score (nSPS) is 23.1. The van der Waals surface area contributed by atoms with Crippen LogP contribution in [-0.4, -0.2) is 65.5 Å². The lowest BCUT2D eigenvalue weighted by atomic mass is 9.98. The van der Waals surface area contributed by atoms with Gasteiger partial charge in [-0.3, -0.25) is 19.2 Å². The van der Waals surface area contributed by atoms with Crippen LogP contribution in [-0.2, 0) is 23.9 Å². The largest absolute Gasteiger partial charge is 0.463 e. The number of carbonyl (C=O) groups is 4. The van der Waals surface area contributed by atoms with Gasteiger partial charge < -0.3 is 25.4 Å².